The van der Waals surface area contributed by atoms with Crippen LogP contribution in [0.4, 0.5) is 11.4 Å². The third-order valence-corrected chi connectivity index (χ3v) is 3.06. The van der Waals surface area contributed by atoms with Crippen molar-refractivity contribution in [2.45, 2.75) is 20.4 Å². The molecule has 0 bridgehead atoms. The predicted molar refractivity (Wildman–Crippen MR) is 83.1 cm³/mol. The van der Waals surface area contributed by atoms with E-state index in [0.717, 1.165) is 11.3 Å². The molecule has 1 aromatic carbocycles. The van der Waals surface area contributed by atoms with Crippen LogP contribution in [0.1, 0.15) is 28.5 Å². The number of aryl methyl sites for hydroxylation is 1. The lowest BCUT2D eigenvalue weighted by Crippen LogP contribution is -2.10. The van der Waals surface area contributed by atoms with Crippen LogP contribution in [-0.2, 0) is 11.3 Å². The molecule has 0 spiro atoms. The summed E-state index contributed by atoms with van der Waals surface area (Å²) in [6.45, 7) is 4.62. The van der Waals surface area contributed by atoms with Crippen LogP contribution in [0.5, 0.6) is 0 Å². The molecule has 21 heavy (non-hydrogen) atoms. The van der Waals surface area contributed by atoms with Crippen molar-refractivity contribution in [1.82, 2.24) is 4.98 Å². The molecule has 0 aliphatic carbocycles. The average molecular weight is 285 g/mol. The van der Waals surface area contributed by atoms with Crippen molar-refractivity contribution >= 4 is 17.3 Å². The van der Waals surface area contributed by atoms with Crippen LogP contribution < -0.4 is 11.1 Å². The van der Waals surface area contributed by atoms with Crippen molar-refractivity contribution in [3.8, 4) is 0 Å². The highest BCUT2D eigenvalue weighted by molar-refractivity contribution is 5.98. The molecule has 5 nitrogen and oxygen atoms in total. The number of nitrogens with two attached hydrogens (primary N) is 1. The summed E-state index contributed by atoms with van der Waals surface area (Å²) in [4.78, 5) is 16.0. The van der Waals surface area contributed by atoms with E-state index in [0.29, 0.717) is 30.1 Å². The van der Waals surface area contributed by atoms with Gasteiger partial charge in [-0.3, -0.25) is 4.98 Å². The molecule has 0 aliphatic heterocycles. The number of anilines is 2. The smallest absolute Gasteiger partial charge is 0.340 e. The number of aromatic nitrogens is 1. The van der Waals surface area contributed by atoms with Gasteiger partial charge < -0.3 is 15.8 Å². The van der Waals surface area contributed by atoms with Crippen LogP contribution in [0.25, 0.3) is 0 Å². The van der Waals surface area contributed by atoms with E-state index in [4.69, 9.17) is 10.5 Å². The largest absolute Gasteiger partial charge is 0.462 e. The topological polar surface area (TPSA) is 77.2 Å². The Bertz CT molecular complexity index is 624. The zero-order chi connectivity index (χ0) is 15.2. The van der Waals surface area contributed by atoms with E-state index < -0.39 is 5.97 Å². The Morgan fingerprint density at radius 1 is 1.33 bits per heavy atom. The van der Waals surface area contributed by atoms with Gasteiger partial charge in [-0.2, -0.15) is 0 Å². The first-order valence-corrected chi connectivity index (χ1v) is 6.82. The second kappa shape index (κ2) is 6.74. The monoisotopic (exact) mass is 285 g/mol. The highest BCUT2D eigenvalue weighted by Gasteiger charge is 2.13. The molecular weight excluding hydrogens is 266 g/mol. The average Bonchev–Trinajstić information content (AvgIpc) is 2.48. The Kier molecular flexibility index (Phi) is 4.77. The zero-order valence-electron chi connectivity index (χ0n) is 12.2. The Morgan fingerprint density at radius 3 is 2.81 bits per heavy atom. The zero-order valence-corrected chi connectivity index (χ0v) is 12.2. The molecule has 1 heterocycles. The molecule has 0 saturated heterocycles. The number of ether oxygens (including phenoxy) is 1. The lowest BCUT2D eigenvalue weighted by Gasteiger charge is -2.12. The molecular formula is C16H19N3O2. The van der Waals surface area contributed by atoms with Crippen molar-refractivity contribution in [3.05, 3.63) is 53.3 Å². The SMILES string of the molecule is CCOC(=O)c1cccc(NCc2ccc(C)nc2)c1N. The van der Waals surface area contributed by atoms with Crippen molar-refractivity contribution in [3.63, 3.8) is 0 Å². The molecule has 2 rings (SSSR count). The maximum Gasteiger partial charge on any atom is 0.340 e. The van der Waals surface area contributed by atoms with Crippen LogP contribution >= 0.6 is 0 Å². The molecule has 110 valence electrons. The minimum Gasteiger partial charge on any atom is -0.462 e. The van der Waals surface area contributed by atoms with Crippen LogP contribution in [0.3, 0.4) is 0 Å². The number of benzene rings is 1. The first kappa shape index (κ1) is 14.8. The maximum absolute atomic E-state index is 11.8. The number of rotatable bonds is 5. The minimum absolute atomic E-state index is 0.324. The summed E-state index contributed by atoms with van der Waals surface area (Å²) < 4.78 is 4.98. The quantitative estimate of drug-likeness (QED) is 0.652. The van der Waals surface area contributed by atoms with Crippen LogP contribution in [0, 0.1) is 6.92 Å². The number of nitrogens with one attached hydrogen (secondary N) is 1. The number of esters is 1. The highest BCUT2D eigenvalue weighted by atomic mass is 16.5. The summed E-state index contributed by atoms with van der Waals surface area (Å²) in [5.41, 5.74) is 9.53. The van der Waals surface area contributed by atoms with Gasteiger partial charge >= 0.3 is 5.97 Å². The Balaban J connectivity index is 2.11. The van der Waals surface area contributed by atoms with E-state index in [-0.39, 0.29) is 0 Å². The molecule has 0 atom stereocenters. The lowest BCUT2D eigenvalue weighted by atomic mass is 10.1. The van der Waals surface area contributed by atoms with Gasteiger partial charge in [0.1, 0.15) is 0 Å². The Morgan fingerprint density at radius 2 is 2.14 bits per heavy atom. The van der Waals surface area contributed by atoms with Crippen molar-refractivity contribution < 1.29 is 9.53 Å². The summed E-state index contributed by atoms with van der Waals surface area (Å²) in [6, 6.07) is 9.22. The van der Waals surface area contributed by atoms with Gasteiger partial charge in [0.05, 0.1) is 23.5 Å². The summed E-state index contributed by atoms with van der Waals surface area (Å²) in [5.74, 6) is -0.407. The number of hydrogen-bond acceptors (Lipinski definition) is 5. The van der Waals surface area contributed by atoms with Gasteiger partial charge in [0, 0.05) is 18.4 Å². The lowest BCUT2D eigenvalue weighted by molar-refractivity contribution is 0.0527. The minimum atomic E-state index is -0.407. The fraction of sp³-hybridized carbons (Fsp3) is 0.250. The van der Waals surface area contributed by atoms with E-state index in [2.05, 4.69) is 10.3 Å². The molecule has 0 saturated carbocycles. The standard InChI is InChI=1S/C16H19N3O2/c1-3-21-16(20)13-5-4-6-14(15(13)17)19-10-12-8-7-11(2)18-9-12/h4-9,19H,3,10,17H2,1-2H3. The highest BCUT2D eigenvalue weighted by Crippen LogP contribution is 2.24. The summed E-state index contributed by atoms with van der Waals surface area (Å²) in [7, 11) is 0. The van der Waals surface area contributed by atoms with E-state index >= 15 is 0 Å². The van der Waals surface area contributed by atoms with Crippen LogP contribution in [0.2, 0.25) is 0 Å². The number of nitrogen functional groups attached to an aromatic ring is 1. The van der Waals surface area contributed by atoms with Gasteiger partial charge in [-0.1, -0.05) is 12.1 Å². The number of carbonyl (C=O) groups is 1. The van der Waals surface area contributed by atoms with E-state index in [9.17, 15) is 4.79 Å². The van der Waals surface area contributed by atoms with E-state index in [1.165, 1.54) is 0 Å². The van der Waals surface area contributed by atoms with Gasteiger partial charge in [0.15, 0.2) is 0 Å². The first-order valence-electron chi connectivity index (χ1n) is 6.82. The molecule has 0 unspecified atom stereocenters. The molecule has 0 radical (unpaired) electrons. The van der Waals surface area contributed by atoms with Gasteiger partial charge in [-0.15, -0.1) is 0 Å². The third-order valence-electron chi connectivity index (χ3n) is 3.06. The molecule has 2 aromatic rings. The summed E-state index contributed by atoms with van der Waals surface area (Å²) in [6.07, 6.45) is 1.81. The number of pyridine rings is 1. The van der Waals surface area contributed by atoms with Crippen molar-refractivity contribution in [2.75, 3.05) is 17.7 Å². The van der Waals surface area contributed by atoms with Gasteiger partial charge in [-0.25, -0.2) is 4.79 Å². The van der Waals surface area contributed by atoms with Gasteiger partial charge in [0.25, 0.3) is 0 Å². The van der Waals surface area contributed by atoms with Gasteiger partial charge in [0.2, 0.25) is 0 Å². The summed E-state index contributed by atoms with van der Waals surface area (Å²) >= 11 is 0. The fourth-order valence-corrected chi connectivity index (χ4v) is 1.91. The molecule has 0 amide bonds. The van der Waals surface area contributed by atoms with Gasteiger partial charge in [-0.05, 0) is 37.6 Å². The molecule has 5 heteroatoms. The second-order valence-corrected chi connectivity index (χ2v) is 4.65. The van der Waals surface area contributed by atoms with Crippen LogP contribution in [0.15, 0.2) is 36.5 Å². The number of hydrogen-bond donors (Lipinski definition) is 2. The van der Waals surface area contributed by atoms with E-state index in [1.807, 2.05) is 31.3 Å². The number of nitrogens with zero attached hydrogens (tertiary/aromatic N) is 1. The molecule has 1 aromatic heterocycles. The predicted octanol–water partition coefficient (Wildman–Crippen LogP) is 2.76. The number of para-hydroxylation sites is 1. The maximum atomic E-state index is 11.8. The Hall–Kier alpha value is -2.56. The molecule has 0 fully saturated rings. The van der Waals surface area contributed by atoms with Crippen molar-refractivity contribution in [1.29, 1.82) is 0 Å². The van der Waals surface area contributed by atoms with Crippen LogP contribution in [-0.4, -0.2) is 17.6 Å². The number of carbonyl (C=O) groups excluding carboxylic acids is 1. The normalized spacial score (nSPS) is 10.2. The summed E-state index contributed by atoms with van der Waals surface area (Å²) in [5, 5.41) is 3.21. The Labute approximate surface area is 124 Å². The first-order chi connectivity index (χ1) is 10.1. The third kappa shape index (κ3) is 3.72. The van der Waals surface area contributed by atoms with E-state index in [1.54, 1.807) is 19.1 Å². The molecule has 3 N–H and O–H groups in total. The van der Waals surface area contributed by atoms with Crippen molar-refractivity contribution in [2.24, 2.45) is 0 Å². The fourth-order valence-electron chi connectivity index (χ4n) is 1.91. The second-order valence-electron chi connectivity index (χ2n) is 4.65. The molecule has 0 aliphatic rings.